The van der Waals surface area contributed by atoms with Gasteiger partial charge >= 0.3 is 0 Å². The Morgan fingerprint density at radius 2 is 2.25 bits per heavy atom. The number of nitrogens with one attached hydrogen (secondary N) is 1. The molecule has 0 spiro atoms. The van der Waals surface area contributed by atoms with Crippen molar-refractivity contribution in [1.82, 2.24) is 20.3 Å². The lowest BCUT2D eigenvalue weighted by atomic mass is 9.72. The van der Waals surface area contributed by atoms with Gasteiger partial charge in [0.05, 0.1) is 5.69 Å². The minimum Gasteiger partial charge on any atom is -0.313 e. The van der Waals surface area contributed by atoms with Crippen molar-refractivity contribution in [3.63, 3.8) is 0 Å². The van der Waals surface area contributed by atoms with Gasteiger partial charge in [-0.2, -0.15) is 0 Å². The predicted octanol–water partition coefficient (Wildman–Crippen LogP) is 2.07. The Labute approximate surface area is 120 Å². The zero-order chi connectivity index (χ0) is 13.9. The average Bonchev–Trinajstić information content (AvgIpc) is 2.82. The van der Waals surface area contributed by atoms with Gasteiger partial charge in [0.2, 0.25) is 0 Å². The van der Waals surface area contributed by atoms with Gasteiger partial charge in [0.25, 0.3) is 0 Å². The Bertz CT molecular complexity index is 575. The summed E-state index contributed by atoms with van der Waals surface area (Å²) in [6.07, 6.45) is 5.31. The van der Waals surface area contributed by atoms with Crippen LogP contribution in [0.25, 0.3) is 0 Å². The molecule has 2 aromatic rings. The maximum Gasteiger partial charge on any atom is 0.0842 e. The van der Waals surface area contributed by atoms with Crippen LogP contribution in [0.4, 0.5) is 0 Å². The molecule has 0 saturated heterocycles. The van der Waals surface area contributed by atoms with Crippen molar-refractivity contribution in [3.05, 3.63) is 47.3 Å². The fourth-order valence-corrected chi connectivity index (χ4v) is 3.06. The van der Waals surface area contributed by atoms with Gasteiger partial charge in [0.1, 0.15) is 0 Å². The molecule has 1 aromatic heterocycles. The smallest absolute Gasteiger partial charge is 0.0842 e. The van der Waals surface area contributed by atoms with Crippen LogP contribution in [0.5, 0.6) is 0 Å². The van der Waals surface area contributed by atoms with Crippen LogP contribution in [-0.4, -0.2) is 27.6 Å². The normalized spacial score (nSPS) is 18.4. The Balaban J connectivity index is 1.74. The van der Waals surface area contributed by atoms with Crippen LogP contribution < -0.4 is 5.32 Å². The molecule has 1 aliphatic rings. The fraction of sp³-hybridized carbons (Fsp3) is 0.500. The molecule has 1 aromatic carbocycles. The molecule has 106 valence electrons. The van der Waals surface area contributed by atoms with Gasteiger partial charge in [0, 0.05) is 31.6 Å². The van der Waals surface area contributed by atoms with E-state index in [2.05, 4.69) is 46.8 Å². The van der Waals surface area contributed by atoms with E-state index in [0.717, 1.165) is 25.1 Å². The third-order valence-corrected chi connectivity index (χ3v) is 4.12. The van der Waals surface area contributed by atoms with E-state index in [1.54, 1.807) is 4.68 Å². The summed E-state index contributed by atoms with van der Waals surface area (Å²) in [5, 5.41) is 12.0. The van der Waals surface area contributed by atoms with E-state index in [9.17, 15) is 0 Å². The van der Waals surface area contributed by atoms with Gasteiger partial charge in [0.15, 0.2) is 0 Å². The van der Waals surface area contributed by atoms with E-state index in [1.165, 1.54) is 17.5 Å². The topological polar surface area (TPSA) is 42.7 Å². The van der Waals surface area contributed by atoms with Gasteiger partial charge in [-0.3, -0.25) is 4.68 Å². The highest BCUT2D eigenvalue weighted by atomic mass is 15.4. The van der Waals surface area contributed by atoms with E-state index >= 15 is 0 Å². The molecular formula is C16H22N4. The zero-order valence-corrected chi connectivity index (χ0v) is 12.2. The maximum absolute atomic E-state index is 4.23. The van der Waals surface area contributed by atoms with Crippen molar-refractivity contribution in [1.29, 1.82) is 0 Å². The molecule has 20 heavy (non-hydrogen) atoms. The second-order valence-corrected chi connectivity index (χ2v) is 5.66. The molecule has 0 amide bonds. The third kappa shape index (κ3) is 2.61. The molecule has 3 rings (SSSR count). The molecule has 2 atom stereocenters. The summed E-state index contributed by atoms with van der Waals surface area (Å²) in [5.41, 5.74) is 4.08. The molecule has 1 aliphatic carbocycles. The number of hydrogen-bond donors (Lipinski definition) is 1. The highest BCUT2D eigenvalue weighted by Crippen LogP contribution is 2.38. The van der Waals surface area contributed by atoms with Gasteiger partial charge < -0.3 is 5.32 Å². The highest BCUT2D eigenvalue weighted by molar-refractivity contribution is 5.41. The molecule has 0 bridgehead atoms. The molecule has 1 heterocycles. The van der Waals surface area contributed by atoms with E-state index in [4.69, 9.17) is 0 Å². The first-order valence-corrected chi connectivity index (χ1v) is 7.44. The van der Waals surface area contributed by atoms with E-state index < -0.39 is 0 Å². The van der Waals surface area contributed by atoms with E-state index in [-0.39, 0.29) is 0 Å². The van der Waals surface area contributed by atoms with Crippen LogP contribution in [-0.2, 0) is 19.9 Å². The lowest BCUT2D eigenvalue weighted by Gasteiger charge is -2.37. The first kappa shape index (κ1) is 13.3. The van der Waals surface area contributed by atoms with Crippen LogP contribution in [0, 0.1) is 0 Å². The Kier molecular flexibility index (Phi) is 3.83. The lowest BCUT2D eigenvalue weighted by Crippen LogP contribution is -2.42. The summed E-state index contributed by atoms with van der Waals surface area (Å²) < 4.78 is 1.78. The number of rotatable bonds is 6. The van der Waals surface area contributed by atoms with Crippen molar-refractivity contribution >= 4 is 0 Å². The summed E-state index contributed by atoms with van der Waals surface area (Å²) in [7, 11) is 1.92. The number of hydrogen-bond acceptors (Lipinski definition) is 3. The molecule has 0 fully saturated rings. The summed E-state index contributed by atoms with van der Waals surface area (Å²) in [5.74, 6) is 0.611. The summed E-state index contributed by atoms with van der Waals surface area (Å²) >= 11 is 0. The van der Waals surface area contributed by atoms with E-state index in [1.807, 2.05) is 13.2 Å². The lowest BCUT2D eigenvalue weighted by molar-refractivity contribution is 0.395. The fourth-order valence-electron chi connectivity index (χ4n) is 3.06. The second-order valence-electron chi connectivity index (χ2n) is 5.66. The first-order valence-electron chi connectivity index (χ1n) is 7.44. The van der Waals surface area contributed by atoms with Crippen LogP contribution in [0.3, 0.4) is 0 Å². The summed E-state index contributed by atoms with van der Waals surface area (Å²) in [6.45, 7) is 3.27. The Morgan fingerprint density at radius 3 is 2.95 bits per heavy atom. The van der Waals surface area contributed by atoms with Crippen molar-refractivity contribution < 1.29 is 0 Å². The number of aryl methyl sites for hydroxylation is 1. The number of aromatic nitrogens is 3. The van der Waals surface area contributed by atoms with Crippen LogP contribution in [0.15, 0.2) is 30.5 Å². The molecule has 4 nitrogen and oxygen atoms in total. The van der Waals surface area contributed by atoms with Crippen molar-refractivity contribution in [3.8, 4) is 0 Å². The summed E-state index contributed by atoms with van der Waals surface area (Å²) in [4.78, 5) is 0. The number of benzene rings is 1. The highest BCUT2D eigenvalue weighted by Gasteiger charge is 2.32. The van der Waals surface area contributed by atoms with Crippen molar-refractivity contribution in [2.75, 3.05) is 6.54 Å². The van der Waals surface area contributed by atoms with Crippen molar-refractivity contribution in [2.45, 2.75) is 38.1 Å². The van der Waals surface area contributed by atoms with Gasteiger partial charge in [-0.05, 0) is 30.5 Å². The van der Waals surface area contributed by atoms with Crippen LogP contribution in [0.1, 0.15) is 36.1 Å². The average molecular weight is 270 g/mol. The zero-order valence-electron chi connectivity index (χ0n) is 12.2. The maximum atomic E-state index is 4.23. The van der Waals surface area contributed by atoms with Gasteiger partial charge in [-0.25, -0.2) is 0 Å². The number of nitrogens with zero attached hydrogens (tertiary/aromatic N) is 3. The quantitative estimate of drug-likeness (QED) is 0.874. The predicted molar refractivity (Wildman–Crippen MR) is 79.7 cm³/mol. The van der Waals surface area contributed by atoms with Crippen LogP contribution >= 0.6 is 0 Å². The molecule has 1 N–H and O–H groups in total. The SMILES string of the molecule is CCCNC(Cc1cn(C)nn1)C1Cc2ccccc21. The molecule has 0 aliphatic heterocycles. The van der Waals surface area contributed by atoms with Crippen molar-refractivity contribution in [2.24, 2.45) is 7.05 Å². The second kappa shape index (κ2) is 5.75. The molecule has 0 saturated carbocycles. The standard InChI is InChI=1S/C16H22N4/c1-3-8-17-16(10-13-11-20(2)19-18-13)15-9-12-6-4-5-7-14(12)15/h4-7,11,15-17H,3,8-10H2,1-2H3. The minimum atomic E-state index is 0.460. The third-order valence-electron chi connectivity index (χ3n) is 4.12. The van der Waals surface area contributed by atoms with E-state index in [0.29, 0.717) is 12.0 Å². The van der Waals surface area contributed by atoms with Crippen LogP contribution in [0.2, 0.25) is 0 Å². The monoisotopic (exact) mass is 270 g/mol. The first-order chi connectivity index (χ1) is 9.78. The number of fused-ring (bicyclic) bond motifs is 1. The largest absolute Gasteiger partial charge is 0.313 e. The Morgan fingerprint density at radius 1 is 1.40 bits per heavy atom. The Hall–Kier alpha value is -1.68. The molecular weight excluding hydrogens is 248 g/mol. The molecule has 2 unspecified atom stereocenters. The van der Waals surface area contributed by atoms with Gasteiger partial charge in [-0.1, -0.05) is 36.4 Å². The summed E-state index contributed by atoms with van der Waals surface area (Å²) in [6, 6.07) is 9.24. The van der Waals surface area contributed by atoms with Gasteiger partial charge in [-0.15, -0.1) is 5.10 Å². The molecule has 0 radical (unpaired) electrons. The minimum absolute atomic E-state index is 0.460. The molecule has 4 heteroatoms.